The molecule has 2 saturated heterocycles. The second kappa shape index (κ2) is 7.69. The largest absolute Gasteiger partial charge is 0.339 e. The zero-order valence-electron chi connectivity index (χ0n) is 14.5. The molecule has 0 aromatic heterocycles. The summed E-state index contributed by atoms with van der Waals surface area (Å²) in [7, 11) is 0. The van der Waals surface area contributed by atoms with E-state index in [0.717, 1.165) is 57.4 Å². The lowest BCUT2D eigenvalue weighted by molar-refractivity contribution is 0.0793. The molecule has 0 saturated carbocycles. The quantitative estimate of drug-likeness (QED) is 0.900. The average molecular weight is 329 g/mol. The van der Waals surface area contributed by atoms with Gasteiger partial charge in [-0.15, -0.1) is 0 Å². The molecule has 0 atom stereocenters. The van der Waals surface area contributed by atoms with Gasteiger partial charge in [-0.1, -0.05) is 25.0 Å². The van der Waals surface area contributed by atoms with Crippen LogP contribution in [-0.2, 0) is 0 Å². The van der Waals surface area contributed by atoms with Gasteiger partial charge in [0.05, 0.1) is 11.3 Å². The second-order valence-electron chi connectivity index (χ2n) is 6.83. The number of hydrogen-bond acceptors (Lipinski definition) is 2. The van der Waals surface area contributed by atoms with Crippen LogP contribution < -0.4 is 5.32 Å². The highest BCUT2D eigenvalue weighted by atomic mass is 16.2. The molecule has 0 bridgehead atoms. The fourth-order valence-corrected chi connectivity index (χ4v) is 3.56. The van der Waals surface area contributed by atoms with Gasteiger partial charge in [-0.3, -0.25) is 4.79 Å². The van der Waals surface area contributed by atoms with E-state index in [2.05, 4.69) is 5.32 Å². The fourth-order valence-electron chi connectivity index (χ4n) is 3.56. The molecule has 2 aliphatic rings. The summed E-state index contributed by atoms with van der Waals surface area (Å²) in [5, 5.41) is 3.02. The number of aryl methyl sites for hydroxylation is 1. The van der Waals surface area contributed by atoms with Crippen molar-refractivity contribution in [1.82, 2.24) is 9.80 Å². The summed E-state index contributed by atoms with van der Waals surface area (Å²) in [6.45, 7) is 5.16. The monoisotopic (exact) mass is 329 g/mol. The summed E-state index contributed by atoms with van der Waals surface area (Å²) in [5.74, 6) is 0.0300. The molecule has 130 valence electrons. The number of likely N-dealkylation sites (tertiary alicyclic amines) is 2. The van der Waals surface area contributed by atoms with Gasteiger partial charge in [0.15, 0.2) is 0 Å². The topological polar surface area (TPSA) is 52.7 Å². The van der Waals surface area contributed by atoms with Crippen molar-refractivity contribution < 1.29 is 9.59 Å². The van der Waals surface area contributed by atoms with E-state index >= 15 is 0 Å². The fraction of sp³-hybridized carbons (Fsp3) is 0.579. The first kappa shape index (κ1) is 16.8. The maximum atomic E-state index is 12.8. The molecular formula is C19H27N3O2. The number of rotatable bonds is 2. The molecule has 5 heteroatoms. The smallest absolute Gasteiger partial charge is 0.321 e. The van der Waals surface area contributed by atoms with Crippen molar-refractivity contribution in [2.45, 2.75) is 45.4 Å². The molecule has 1 aromatic rings. The Morgan fingerprint density at radius 3 is 2.12 bits per heavy atom. The minimum atomic E-state index is -0.0818. The van der Waals surface area contributed by atoms with Gasteiger partial charge in [0, 0.05) is 26.2 Å². The van der Waals surface area contributed by atoms with Gasteiger partial charge in [0.1, 0.15) is 0 Å². The van der Waals surface area contributed by atoms with E-state index in [4.69, 9.17) is 0 Å². The first-order chi connectivity index (χ1) is 11.7. The predicted molar refractivity (Wildman–Crippen MR) is 95.4 cm³/mol. The van der Waals surface area contributed by atoms with Crippen LogP contribution in [0.5, 0.6) is 0 Å². The number of carbonyl (C=O) groups excluding carboxylic acids is 2. The lowest BCUT2D eigenvalue weighted by Gasteiger charge is -2.23. The lowest BCUT2D eigenvalue weighted by atomic mass is 10.1. The summed E-state index contributed by atoms with van der Waals surface area (Å²) in [5.41, 5.74) is 2.21. The van der Waals surface area contributed by atoms with Gasteiger partial charge in [0.2, 0.25) is 0 Å². The zero-order valence-corrected chi connectivity index (χ0v) is 14.5. The SMILES string of the molecule is Cc1cccc(C(=O)N2CCCC2)c1NC(=O)N1CCCCCC1. The molecule has 2 fully saturated rings. The lowest BCUT2D eigenvalue weighted by Crippen LogP contribution is -2.36. The number of hydrogen-bond donors (Lipinski definition) is 1. The van der Waals surface area contributed by atoms with Crippen LogP contribution in [0.25, 0.3) is 0 Å². The van der Waals surface area contributed by atoms with Crippen LogP contribution in [0.3, 0.4) is 0 Å². The van der Waals surface area contributed by atoms with Crippen LogP contribution in [0, 0.1) is 6.92 Å². The van der Waals surface area contributed by atoms with E-state index in [-0.39, 0.29) is 11.9 Å². The first-order valence-corrected chi connectivity index (χ1v) is 9.11. The van der Waals surface area contributed by atoms with Gasteiger partial charge < -0.3 is 15.1 Å². The van der Waals surface area contributed by atoms with Crippen molar-refractivity contribution in [2.75, 3.05) is 31.5 Å². The van der Waals surface area contributed by atoms with Crippen LogP contribution in [0.4, 0.5) is 10.5 Å². The Morgan fingerprint density at radius 2 is 1.46 bits per heavy atom. The number of anilines is 1. The number of amides is 3. The molecule has 0 unspecified atom stereocenters. The van der Waals surface area contributed by atoms with Crippen LogP contribution >= 0.6 is 0 Å². The van der Waals surface area contributed by atoms with Crippen molar-refractivity contribution in [1.29, 1.82) is 0 Å². The number of urea groups is 1. The van der Waals surface area contributed by atoms with E-state index < -0.39 is 0 Å². The molecule has 3 amide bonds. The number of carbonyl (C=O) groups is 2. The van der Waals surface area contributed by atoms with E-state index in [9.17, 15) is 9.59 Å². The minimum absolute atomic E-state index is 0.0300. The molecule has 0 aliphatic carbocycles. The summed E-state index contributed by atoms with van der Waals surface area (Å²) < 4.78 is 0. The number of nitrogens with one attached hydrogen (secondary N) is 1. The molecule has 0 spiro atoms. The van der Waals surface area contributed by atoms with Crippen molar-refractivity contribution in [3.63, 3.8) is 0 Å². The van der Waals surface area contributed by atoms with Gasteiger partial charge in [-0.2, -0.15) is 0 Å². The Labute approximate surface area is 144 Å². The predicted octanol–water partition coefficient (Wildman–Crippen LogP) is 3.64. The highest BCUT2D eigenvalue weighted by Gasteiger charge is 2.24. The van der Waals surface area contributed by atoms with Gasteiger partial charge in [0.25, 0.3) is 5.91 Å². The summed E-state index contributed by atoms with van der Waals surface area (Å²) in [6, 6.07) is 5.58. The van der Waals surface area contributed by atoms with Gasteiger partial charge in [-0.05, 0) is 44.2 Å². The molecule has 24 heavy (non-hydrogen) atoms. The third-order valence-electron chi connectivity index (χ3n) is 5.02. The van der Waals surface area contributed by atoms with Crippen LogP contribution in [-0.4, -0.2) is 47.9 Å². The Morgan fingerprint density at radius 1 is 0.875 bits per heavy atom. The number of nitrogens with zero attached hydrogens (tertiary/aromatic N) is 2. The van der Waals surface area contributed by atoms with Crippen molar-refractivity contribution >= 4 is 17.6 Å². The maximum Gasteiger partial charge on any atom is 0.321 e. The summed E-state index contributed by atoms with van der Waals surface area (Å²) >= 11 is 0. The second-order valence-corrected chi connectivity index (χ2v) is 6.83. The molecule has 2 aliphatic heterocycles. The minimum Gasteiger partial charge on any atom is -0.339 e. The third-order valence-corrected chi connectivity index (χ3v) is 5.02. The summed E-state index contributed by atoms with van der Waals surface area (Å²) in [6.07, 6.45) is 6.61. The third kappa shape index (κ3) is 3.71. The van der Waals surface area contributed by atoms with Crippen LogP contribution in [0.2, 0.25) is 0 Å². The first-order valence-electron chi connectivity index (χ1n) is 9.11. The van der Waals surface area contributed by atoms with Crippen molar-refractivity contribution in [3.05, 3.63) is 29.3 Å². The Bertz CT molecular complexity index is 601. The Hall–Kier alpha value is -2.04. The molecule has 1 aromatic carbocycles. The highest BCUT2D eigenvalue weighted by molar-refractivity contribution is 6.04. The van der Waals surface area contributed by atoms with Crippen LogP contribution in [0.1, 0.15) is 54.4 Å². The number of benzene rings is 1. The van der Waals surface area contributed by atoms with Crippen molar-refractivity contribution in [3.8, 4) is 0 Å². The maximum absolute atomic E-state index is 12.8. The standard InChI is InChI=1S/C19H27N3O2/c1-15-9-8-10-16(18(23)21-11-6-7-12-21)17(15)20-19(24)22-13-4-2-3-5-14-22/h8-10H,2-7,11-14H2,1H3,(H,20,24). The van der Waals surface area contributed by atoms with Crippen LogP contribution in [0.15, 0.2) is 18.2 Å². The normalized spacial score (nSPS) is 18.4. The average Bonchev–Trinajstić information content (AvgIpc) is 2.98. The molecule has 2 heterocycles. The van der Waals surface area contributed by atoms with Gasteiger partial charge >= 0.3 is 6.03 Å². The molecule has 5 nitrogen and oxygen atoms in total. The Kier molecular flexibility index (Phi) is 5.38. The van der Waals surface area contributed by atoms with Crippen molar-refractivity contribution in [2.24, 2.45) is 0 Å². The van der Waals surface area contributed by atoms with E-state index in [1.165, 1.54) is 12.8 Å². The number of para-hydroxylation sites is 1. The molecular weight excluding hydrogens is 302 g/mol. The molecule has 1 N–H and O–H groups in total. The Balaban J connectivity index is 1.78. The molecule has 0 radical (unpaired) electrons. The zero-order chi connectivity index (χ0) is 16.9. The molecule has 3 rings (SSSR count). The summed E-state index contributed by atoms with van der Waals surface area (Å²) in [4.78, 5) is 29.2. The highest BCUT2D eigenvalue weighted by Crippen LogP contribution is 2.24. The van der Waals surface area contributed by atoms with E-state index in [1.54, 1.807) is 0 Å². The van der Waals surface area contributed by atoms with E-state index in [1.807, 2.05) is 34.9 Å². The van der Waals surface area contributed by atoms with Gasteiger partial charge in [-0.25, -0.2) is 4.79 Å². The van der Waals surface area contributed by atoms with E-state index in [0.29, 0.717) is 11.3 Å².